The monoisotopic (exact) mass is 421 g/mol. The lowest BCUT2D eigenvalue weighted by atomic mass is 9.98. The molecule has 0 aliphatic carbocycles. The zero-order valence-electron chi connectivity index (χ0n) is 12.6. The molecule has 126 valence electrons. The van der Waals surface area contributed by atoms with Crippen molar-refractivity contribution in [3.8, 4) is 11.5 Å². The number of rotatable bonds is 3. The third kappa shape index (κ3) is 2.87. The second kappa shape index (κ2) is 6.12. The molecule has 2 aromatic heterocycles. The van der Waals surface area contributed by atoms with E-state index in [-0.39, 0.29) is 23.8 Å². The van der Waals surface area contributed by atoms with Crippen molar-refractivity contribution in [2.45, 2.75) is 6.42 Å². The van der Waals surface area contributed by atoms with Crippen molar-refractivity contribution in [3.05, 3.63) is 57.0 Å². The minimum absolute atomic E-state index is 0.0901. The SMILES string of the molecule is Nc1nnc(-c2cc3[nH]cnc3c(F)c2Cc2ccc(Br)cc2Cl)o1. The maximum absolute atomic E-state index is 15.1. The van der Waals surface area contributed by atoms with Gasteiger partial charge in [0.05, 0.1) is 11.8 Å². The normalized spacial score (nSPS) is 11.3. The lowest BCUT2D eigenvalue weighted by molar-refractivity contribution is 0.585. The number of nitrogens with one attached hydrogen (secondary N) is 1. The topological polar surface area (TPSA) is 93.6 Å². The first kappa shape index (κ1) is 16.0. The Balaban J connectivity index is 1.92. The summed E-state index contributed by atoms with van der Waals surface area (Å²) >= 11 is 9.64. The maximum Gasteiger partial charge on any atom is 0.313 e. The first-order valence-corrected chi connectivity index (χ1v) is 8.38. The van der Waals surface area contributed by atoms with E-state index in [0.717, 1.165) is 10.0 Å². The molecule has 4 rings (SSSR count). The molecule has 0 atom stereocenters. The van der Waals surface area contributed by atoms with Gasteiger partial charge in [-0.1, -0.05) is 38.7 Å². The van der Waals surface area contributed by atoms with E-state index in [2.05, 4.69) is 36.1 Å². The fourth-order valence-electron chi connectivity index (χ4n) is 2.64. The third-order valence-corrected chi connectivity index (χ3v) is 4.65. The van der Waals surface area contributed by atoms with E-state index >= 15 is 4.39 Å². The number of imidazole rings is 1. The van der Waals surface area contributed by atoms with Crippen LogP contribution in [0, 0.1) is 5.82 Å². The van der Waals surface area contributed by atoms with Gasteiger partial charge in [-0.3, -0.25) is 0 Å². The average molecular weight is 423 g/mol. The van der Waals surface area contributed by atoms with Crippen molar-refractivity contribution in [2.24, 2.45) is 0 Å². The molecule has 25 heavy (non-hydrogen) atoms. The fraction of sp³-hybridized carbons (Fsp3) is 0.0625. The first-order valence-electron chi connectivity index (χ1n) is 7.20. The van der Waals surface area contributed by atoms with Gasteiger partial charge >= 0.3 is 6.01 Å². The molecule has 0 saturated carbocycles. The molecule has 6 nitrogen and oxygen atoms in total. The quantitative estimate of drug-likeness (QED) is 0.512. The van der Waals surface area contributed by atoms with Crippen molar-refractivity contribution in [3.63, 3.8) is 0 Å². The van der Waals surface area contributed by atoms with Gasteiger partial charge in [-0.15, -0.1) is 5.10 Å². The van der Waals surface area contributed by atoms with Crippen molar-refractivity contribution >= 4 is 44.6 Å². The Bertz CT molecular complexity index is 1090. The number of hydrogen-bond acceptors (Lipinski definition) is 5. The summed E-state index contributed by atoms with van der Waals surface area (Å²) < 4.78 is 21.2. The first-order chi connectivity index (χ1) is 12.0. The van der Waals surface area contributed by atoms with Gasteiger partial charge in [0.1, 0.15) is 5.52 Å². The van der Waals surface area contributed by atoms with Crippen LogP contribution >= 0.6 is 27.5 Å². The molecular formula is C16H10BrClFN5O. The van der Waals surface area contributed by atoms with E-state index < -0.39 is 5.82 Å². The number of H-pyrrole nitrogens is 1. The van der Waals surface area contributed by atoms with Crippen molar-refractivity contribution < 1.29 is 8.81 Å². The Kier molecular flexibility index (Phi) is 3.93. The highest BCUT2D eigenvalue weighted by atomic mass is 79.9. The van der Waals surface area contributed by atoms with E-state index in [0.29, 0.717) is 21.7 Å². The van der Waals surface area contributed by atoms with E-state index in [4.69, 9.17) is 21.8 Å². The van der Waals surface area contributed by atoms with Gasteiger partial charge < -0.3 is 15.1 Å². The highest BCUT2D eigenvalue weighted by Crippen LogP contribution is 2.33. The van der Waals surface area contributed by atoms with Gasteiger partial charge in [-0.05, 0) is 23.8 Å². The van der Waals surface area contributed by atoms with Crippen LogP contribution in [0.1, 0.15) is 11.1 Å². The van der Waals surface area contributed by atoms with E-state index in [9.17, 15) is 0 Å². The van der Waals surface area contributed by atoms with E-state index in [1.807, 2.05) is 12.1 Å². The average Bonchev–Trinajstić information content (AvgIpc) is 3.20. The molecule has 0 unspecified atom stereocenters. The largest absolute Gasteiger partial charge is 0.404 e. The van der Waals surface area contributed by atoms with Gasteiger partial charge in [0.25, 0.3) is 0 Å². The number of nitrogens with zero attached hydrogens (tertiary/aromatic N) is 3. The Morgan fingerprint density at radius 2 is 2.12 bits per heavy atom. The molecule has 0 fully saturated rings. The number of hydrogen-bond donors (Lipinski definition) is 2. The van der Waals surface area contributed by atoms with Gasteiger partial charge in [0.15, 0.2) is 5.82 Å². The van der Waals surface area contributed by atoms with Crippen LogP contribution < -0.4 is 5.73 Å². The number of nitrogen functional groups attached to an aromatic ring is 1. The Labute approximate surface area is 154 Å². The van der Waals surface area contributed by atoms with Crippen molar-refractivity contribution in [2.75, 3.05) is 5.73 Å². The van der Waals surface area contributed by atoms with Crippen LogP contribution in [0.25, 0.3) is 22.5 Å². The number of halogens is 3. The summed E-state index contributed by atoms with van der Waals surface area (Å²) in [7, 11) is 0. The number of fused-ring (bicyclic) bond motifs is 1. The van der Waals surface area contributed by atoms with Gasteiger partial charge in [-0.25, -0.2) is 9.37 Å². The molecule has 2 heterocycles. The van der Waals surface area contributed by atoms with Crippen LogP contribution in [0.15, 0.2) is 39.5 Å². The summed E-state index contributed by atoms with van der Waals surface area (Å²) in [5, 5.41) is 8.04. The molecule has 0 aliphatic heterocycles. The van der Waals surface area contributed by atoms with Gasteiger partial charge in [-0.2, -0.15) is 0 Å². The molecule has 0 saturated heterocycles. The van der Waals surface area contributed by atoms with Crippen LogP contribution in [-0.2, 0) is 6.42 Å². The molecule has 4 aromatic rings. The summed E-state index contributed by atoms with van der Waals surface area (Å²) in [6, 6.07) is 7.04. The molecule has 0 amide bonds. The minimum Gasteiger partial charge on any atom is -0.404 e. The molecule has 0 aliphatic rings. The summed E-state index contributed by atoms with van der Waals surface area (Å²) in [4.78, 5) is 6.92. The van der Waals surface area contributed by atoms with Crippen molar-refractivity contribution in [1.29, 1.82) is 0 Å². The van der Waals surface area contributed by atoms with Crippen LogP contribution in [0.5, 0.6) is 0 Å². The maximum atomic E-state index is 15.1. The van der Waals surface area contributed by atoms with Gasteiger partial charge in [0, 0.05) is 27.0 Å². The fourth-order valence-corrected chi connectivity index (χ4v) is 3.38. The van der Waals surface area contributed by atoms with Crippen LogP contribution in [0.3, 0.4) is 0 Å². The van der Waals surface area contributed by atoms with Gasteiger partial charge in [0.2, 0.25) is 5.89 Å². The summed E-state index contributed by atoms with van der Waals surface area (Å²) in [5.74, 6) is -0.333. The van der Waals surface area contributed by atoms with E-state index in [1.165, 1.54) is 6.33 Å². The predicted octanol–water partition coefficient (Wildman–Crippen LogP) is 4.34. The molecular weight excluding hydrogens is 413 g/mol. The van der Waals surface area contributed by atoms with Crippen molar-refractivity contribution in [1.82, 2.24) is 20.2 Å². The Hall–Kier alpha value is -2.45. The molecule has 0 radical (unpaired) electrons. The Morgan fingerprint density at radius 3 is 2.84 bits per heavy atom. The number of aromatic amines is 1. The minimum atomic E-state index is -0.468. The van der Waals surface area contributed by atoms with Crippen LogP contribution in [0.2, 0.25) is 5.02 Å². The summed E-state index contributed by atoms with van der Waals surface area (Å²) in [5.41, 5.74) is 7.82. The smallest absolute Gasteiger partial charge is 0.313 e. The molecule has 9 heteroatoms. The molecule has 0 spiro atoms. The Morgan fingerprint density at radius 1 is 1.28 bits per heavy atom. The highest BCUT2D eigenvalue weighted by Gasteiger charge is 2.21. The summed E-state index contributed by atoms with van der Waals surface area (Å²) in [6.07, 6.45) is 1.66. The predicted molar refractivity (Wildman–Crippen MR) is 95.7 cm³/mol. The third-order valence-electron chi connectivity index (χ3n) is 3.81. The second-order valence-electron chi connectivity index (χ2n) is 5.37. The molecule has 2 aromatic carbocycles. The highest BCUT2D eigenvalue weighted by molar-refractivity contribution is 9.10. The second-order valence-corrected chi connectivity index (χ2v) is 6.70. The number of anilines is 1. The zero-order valence-corrected chi connectivity index (χ0v) is 14.9. The summed E-state index contributed by atoms with van der Waals surface area (Å²) in [6.45, 7) is 0. The number of aromatic nitrogens is 4. The van der Waals surface area contributed by atoms with Crippen LogP contribution in [0.4, 0.5) is 10.4 Å². The zero-order chi connectivity index (χ0) is 17.6. The number of nitrogens with two attached hydrogens (primary N) is 1. The molecule has 3 N–H and O–H groups in total. The standard InChI is InChI=1S/C16H10BrClFN5O/c17-8-2-1-7(11(18)4-8)3-9-10(15-23-24-16(20)25-15)5-12-14(13(9)19)22-6-21-12/h1-2,4-6H,3H2,(H2,20,24)(H,21,22). The lowest BCUT2D eigenvalue weighted by Gasteiger charge is -2.10. The van der Waals surface area contributed by atoms with E-state index in [1.54, 1.807) is 12.1 Å². The van der Waals surface area contributed by atoms with Crippen LogP contribution in [-0.4, -0.2) is 20.2 Å². The number of benzene rings is 2. The molecule has 0 bridgehead atoms. The lowest BCUT2D eigenvalue weighted by Crippen LogP contribution is -1.99.